The number of carbonyl (C=O) groups excluding carboxylic acids is 1. The maximum atomic E-state index is 14.9. The van der Waals surface area contributed by atoms with E-state index in [0.29, 0.717) is 42.9 Å². The number of piperazine rings is 1. The van der Waals surface area contributed by atoms with Gasteiger partial charge in [-0.1, -0.05) is 59.7 Å². The van der Waals surface area contributed by atoms with Crippen LogP contribution in [0, 0.1) is 5.41 Å². The topological polar surface area (TPSA) is 195 Å². The van der Waals surface area contributed by atoms with Crippen LogP contribution < -0.4 is 27.0 Å². The predicted octanol–water partition coefficient (Wildman–Crippen LogP) is 4.39. The normalized spacial score (nSPS) is 15.0. The number of hydrogen-bond acceptors (Lipinski definition) is 7. The Kier molecular flexibility index (Phi) is 13.4. The van der Waals surface area contributed by atoms with Crippen molar-refractivity contribution >= 4 is 51.6 Å². The number of sulfone groups is 1. The second kappa shape index (κ2) is 15.9. The number of guanidine groups is 1. The van der Waals surface area contributed by atoms with Crippen LogP contribution in [0.4, 0.5) is 16.2 Å². The summed E-state index contributed by atoms with van der Waals surface area (Å²) in [4.78, 5) is 28.8. The molecule has 2 aromatic rings. The van der Waals surface area contributed by atoms with E-state index in [1.54, 1.807) is 23.1 Å². The summed E-state index contributed by atoms with van der Waals surface area (Å²) >= 11 is 0. The molecule has 0 aliphatic carbocycles. The summed E-state index contributed by atoms with van der Waals surface area (Å²) in [6, 6.07) is 6.95. The first-order valence-electron chi connectivity index (χ1n) is 15.4. The van der Waals surface area contributed by atoms with Gasteiger partial charge in [0.05, 0.1) is 16.3 Å². The number of halogens is 1. The lowest BCUT2D eigenvalue weighted by atomic mass is 9.89. The van der Waals surface area contributed by atoms with Crippen molar-refractivity contribution in [3.05, 3.63) is 52.6 Å². The van der Waals surface area contributed by atoms with Crippen LogP contribution in [0.5, 0.6) is 0 Å². The molecule has 0 spiro atoms. The van der Waals surface area contributed by atoms with Gasteiger partial charge in [0.15, 0.2) is 15.8 Å². The van der Waals surface area contributed by atoms with E-state index >= 15 is 0 Å². The monoisotopic (exact) mass is 679 g/mol. The van der Waals surface area contributed by atoms with Crippen molar-refractivity contribution in [3.63, 3.8) is 0 Å². The number of benzene rings is 2. The minimum atomic E-state index is -4.20. The number of nitrogens with two attached hydrogens (primary N) is 2. The number of nitrogens with one attached hydrogen (secondary N) is 3. The highest BCUT2D eigenvalue weighted by Crippen LogP contribution is 2.39. The molecule has 2 aromatic carbocycles. The van der Waals surface area contributed by atoms with Gasteiger partial charge in [-0.3, -0.25) is 15.1 Å². The number of carbonyl (C=O) groups is 2. The highest BCUT2D eigenvalue weighted by Gasteiger charge is 2.40. The lowest BCUT2D eigenvalue weighted by molar-refractivity contribution is -0.138. The number of carboxylic acid groups (broad SMARTS) is 1. The average molecular weight is 680 g/mol. The van der Waals surface area contributed by atoms with E-state index < -0.39 is 39.2 Å². The first-order valence-corrected chi connectivity index (χ1v) is 16.9. The molecule has 1 fully saturated rings. The molecular weight excluding hydrogens is 630 g/mol. The molecule has 2 amide bonds. The molecule has 1 unspecified atom stereocenters. The van der Waals surface area contributed by atoms with Gasteiger partial charge in [-0.2, -0.15) is 0 Å². The second-order valence-corrected chi connectivity index (χ2v) is 14.7. The summed E-state index contributed by atoms with van der Waals surface area (Å²) in [5.41, 5.74) is 14.8. The molecule has 46 heavy (non-hydrogen) atoms. The Morgan fingerprint density at radius 3 is 2.00 bits per heavy atom. The molecule has 0 bridgehead atoms. The van der Waals surface area contributed by atoms with E-state index in [0.717, 1.165) is 5.56 Å². The minimum Gasteiger partial charge on any atom is -0.480 e. The third kappa shape index (κ3) is 8.69. The minimum absolute atomic E-state index is 0. The number of urea groups is 1. The fourth-order valence-corrected chi connectivity index (χ4v) is 7.57. The van der Waals surface area contributed by atoms with Crippen LogP contribution in [0.15, 0.2) is 35.2 Å². The Hall–Kier alpha value is -3.39. The van der Waals surface area contributed by atoms with Gasteiger partial charge in [-0.25, -0.2) is 13.2 Å². The molecule has 256 valence electrons. The van der Waals surface area contributed by atoms with E-state index in [2.05, 4.69) is 24.5 Å². The quantitative estimate of drug-likeness (QED) is 0.147. The van der Waals surface area contributed by atoms with Gasteiger partial charge in [0.1, 0.15) is 11.4 Å². The molecule has 8 N–H and O–H groups in total. The smallest absolute Gasteiger partial charge is 0.325 e. The van der Waals surface area contributed by atoms with Gasteiger partial charge in [-0.05, 0) is 65.5 Å². The third-order valence-electron chi connectivity index (χ3n) is 8.13. The molecule has 12 nitrogen and oxygen atoms in total. The first kappa shape index (κ1) is 38.8. The van der Waals surface area contributed by atoms with Crippen molar-refractivity contribution in [1.29, 1.82) is 5.41 Å². The summed E-state index contributed by atoms with van der Waals surface area (Å²) < 4.78 is 29.8. The molecule has 1 heterocycles. The van der Waals surface area contributed by atoms with E-state index in [1.165, 1.54) is 11.8 Å². The second-order valence-electron chi connectivity index (χ2n) is 12.6. The first-order chi connectivity index (χ1) is 21.0. The lowest BCUT2D eigenvalue weighted by Crippen LogP contribution is -2.55. The van der Waals surface area contributed by atoms with Crippen LogP contribution in [0.3, 0.4) is 0 Å². The van der Waals surface area contributed by atoms with Crippen molar-refractivity contribution in [2.24, 2.45) is 11.5 Å². The Morgan fingerprint density at radius 2 is 1.54 bits per heavy atom. The van der Waals surface area contributed by atoms with Crippen LogP contribution in [0.1, 0.15) is 88.5 Å². The zero-order valence-corrected chi connectivity index (χ0v) is 29.4. The molecule has 0 radical (unpaired) electrons. The van der Waals surface area contributed by atoms with E-state index in [9.17, 15) is 23.1 Å². The van der Waals surface area contributed by atoms with Crippen molar-refractivity contribution in [3.8, 4) is 0 Å². The highest BCUT2D eigenvalue weighted by molar-refractivity contribution is 7.92. The summed E-state index contributed by atoms with van der Waals surface area (Å²) in [6.45, 7) is 15.4. The van der Waals surface area contributed by atoms with Crippen LogP contribution in [-0.4, -0.2) is 74.0 Å². The van der Waals surface area contributed by atoms with Crippen molar-refractivity contribution < 1.29 is 23.1 Å². The molecule has 0 saturated carbocycles. The number of hydrogen-bond donors (Lipinski definition) is 6. The van der Waals surface area contributed by atoms with Gasteiger partial charge < -0.3 is 32.1 Å². The Labute approximate surface area is 279 Å². The number of rotatable bonds is 11. The SMILES string of the molecule is CC(C)c1cc(C(C)C)c(S(=O)(=O)C(C)N(C(=O)N2CCNCC2)c2ccc(C[C@H](N)C(=O)O)cc2NC(=N)N)c(C(C)C)c1.Cl. The summed E-state index contributed by atoms with van der Waals surface area (Å²) in [7, 11) is -4.20. The zero-order chi connectivity index (χ0) is 33.8. The average Bonchev–Trinajstić information content (AvgIpc) is 2.97. The maximum absolute atomic E-state index is 14.9. The fraction of sp³-hybridized carbons (Fsp3) is 0.531. The highest BCUT2D eigenvalue weighted by atomic mass is 35.5. The van der Waals surface area contributed by atoms with Crippen LogP contribution in [0.2, 0.25) is 0 Å². The molecular formula is C32H50ClN7O5S. The molecule has 14 heteroatoms. The molecule has 1 aliphatic heterocycles. The number of nitrogens with zero attached hydrogens (tertiary/aromatic N) is 2. The van der Waals surface area contributed by atoms with Crippen molar-refractivity contribution in [1.82, 2.24) is 10.2 Å². The number of aliphatic carboxylic acids is 1. The lowest BCUT2D eigenvalue weighted by Gasteiger charge is -2.37. The van der Waals surface area contributed by atoms with Gasteiger partial charge in [0.25, 0.3) is 0 Å². The van der Waals surface area contributed by atoms with Crippen LogP contribution >= 0.6 is 12.4 Å². The van der Waals surface area contributed by atoms with E-state index in [1.807, 2.05) is 39.8 Å². The summed E-state index contributed by atoms with van der Waals surface area (Å²) in [5, 5.41) is 21.8. The number of carboxylic acids is 1. The predicted molar refractivity (Wildman–Crippen MR) is 186 cm³/mol. The van der Waals surface area contributed by atoms with Crippen molar-refractivity contribution in [2.45, 2.75) is 89.0 Å². The molecule has 3 rings (SSSR count). The van der Waals surface area contributed by atoms with Gasteiger partial charge in [0, 0.05) is 26.2 Å². The van der Waals surface area contributed by atoms with Gasteiger partial charge in [-0.15, -0.1) is 12.4 Å². The van der Waals surface area contributed by atoms with Crippen LogP contribution in [0.25, 0.3) is 0 Å². The van der Waals surface area contributed by atoms with Crippen LogP contribution in [-0.2, 0) is 21.1 Å². The largest absolute Gasteiger partial charge is 0.480 e. The zero-order valence-electron chi connectivity index (χ0n) is 27.8. The Balaban J connectivity index is 0.00000736. The van der Waals surface area contributed by atoms with Crippen molar-refractivity contribution in [2.75, 3.05) is 36.4 Å². The fourth-order valence-electron chi connectivity index (χ4n) is 5.50. The third-order valence-corrected chi connectivity index (χ3v) is 10.3. The van der Waals surface area contributed by atoms with E-state index in [-0.39, 0.29) is 52.9 Å². The standard InChI is InChI=1S/C32H49N7O5S.ClH/c1-18(2)23-16-24(19(3)4)29(25(17-23)20(5)6)45(43,44)21(7)39(32(42)38-12-10-36-11-13-38)28-9-8-22(14-26(33)30(40)41)15-27(28)37-31(34)35;/h8-9,15-21,26,36H,10-14,33H2,1-7H3,(H,40,41)(H4,34,35,37);1H/t21?,26-;/m0./s1. The summed E-state index contributed by atoms with van der Waals surface area (Å²) in [5.74, 6) is -1.64. The Bertz CT molecular complexity index is 1500. The Morgan fingerprint density at radius 1 is 1.00 bits per heavy atom. The number of amides is 2. The van der Waals surface area contributed by atoms with Gasteiger partial charge in [0.2, 0.25) is 0 Å². The number of anilines is 2. The molecule has 0 aromatic heterocycles. The van der Waals surface area contributed by atoms with Gasteiger partial charge >= 0.3 is 12.0 Å². The molecule has 1 aliphatic rings. The molecule has 1 saturated heterocycles. The molecule has 2 atom stereocenters. The maximum Gasteiger partial charge on any atom is 0.325 e. The van der Waals surface area contributed by atoms with E-state index in [4.69, 9.17) is 16.9 Å². The summed E-state index contributed by atoms with van der Waals surface area (Å²) in [6.07, 6.45) is -0.0283.